The third kappa shape index (κ3) is 4.39. The summed E-state index contributed by atoms with van der Waals surface area (Å²) in [4.78, 5) is 65.5. The van der Waals surface area contributed by atoms with Crippen molar-refractivity contribution < 1.29 is 23.9 Å². The van der Waals surface area contributed by atoms with Gasteiger partial charge in [-0.1, -0.05) is 0 Å². The molecule has 1 unspecified atom stereocenters. The van der Waals surface area contributed by atoms with Crippen LogP contribution in [0.15, 0.2) is 11.1 Å². The highest BCUT2D eigenvalue weighted by molar-refractivity contribution is 6.08. The zero-order valence-electron chi connectivity index (χ0n) is 15.5. The van der Waals surface area contributed by atoms with Crippen LogP contribution in [0.4, 0.5) is 5.69 Å². The number of likely N-dealkylation sites (tertiary alicyclic amines) is 1. The number of esters is 1. The summed E-state index contributed by atoms with van der Waals surface area (Å²) in [7, 11) is 3.04. The van der Waals surface area contributed by atoms with E-state index in [1.165, 1.54) is 18.3 Å². The van der Waals surface area contributed by atoms with E-state index in [-0.39, 0.29) is 42.6 Å². The monoisotopic (exact) mass is 378 g/mol. The molecule has 1 aromatic heterocycles. The maximum absolute atomic E-state index is 11.4. The second kappa shape index (κ2) is 8.56. The Bertz CT molecular complexity index is 818. The molecule has 10 heteroatoms. The molecule has 0 bridgehead atoms. The molecule has 0 saturated carbocycles. The lowest BCUT2D eigenvalue weighted by atomic mass is 10.0. The number of Topliss-reactive ketones (excluding diaryl/α,β-unsaturated/α-hetero) is 1. The standard InChI is InChI=1S/C9H13NO4.C8H9N3O2/c1-3-14-9(13)8-6(11)4-5-7(12)10(8)2;1-11-6(12)3-2-5-7(11)8(13)10-4-9-5/h8H,3-5H2,1-2H3;4H,2-3H2,1H3,(H,9,10,13). The van der Waals surface area contributed by atoms with Crippen LogP contribution < -0.4 is 10.5 Å². The number of rotatable bonds is 2. The Morgan fingerprint density at radius 3 is 2.48 bits per heavy atom. The fourth-order valence-electron chi connectivity index (χ4n) is 2.89. The van der Waals surface area contributed by atoms with Crippen molar-refractivity contribution in [2.24, 2.45) is 0 Å². The van der Waals surface area contributed by atoms with E-state index >= 15 is 0 Å². The number of H-pyrrole nitrogens is 1. The van der Waals surface area contributed by atoms with Gasteiger partial charge in [-0.3, -0.25) is 19.2 Å². The topological polar surface area (TPSA) is 130 Å². The predicted molar refractivity (Wildman–Crippen MR) is 94.0 cm³/mol. The van der Waals surface area contributed by atoms with E-state index in [1.807, 2.05) is 0 Å². The number of aromatic amines is 1. The van der Waals surface area contributed by atoms with Gasteiger partial charge in [-0.2, -0.15) is 0 Å². The molecule has 1 fully saturated rings. The lowest BCUT2D eigenvalue weighted by molar-refractivity contribution is -0.160. The molecule has 2 aliphatic heterocycles. The molecule has 3 rings (SSSR count). The van der Waals surface area contributed by atoms with Gasteiger partial charge >= 0.3 is 5.97 Å². The van der Waals surface area contributed by atoms with Gasteiger partial charge in [0.1, 0.15) is 5.69 Å². The first-order valence-electron chi connectivity index (χ1n) is 8.56. The number of nitrogens with one attached hydrogen (secondary N) is 1. The van der Waals surface area contributed by atoms with Crippen LogP contribution in [0.1, 0.15) is 31.9 Å². The molecule has 1 N–H and O–H groups in total. The average Bonchev–Trinajstić information content (AvgIpc) is 2.63. The zero-order valence-corrected chi connectivity index (χ0v) is 15.5. The number of aromatic nitrogens is 2. The maximum Gasteiger partial charge on any atom is 0.336 e. The third-order valence-electron chi connectivity index (χ3n) is 4.37. The van der Waals surface area contributed by atoms with Gasteiger partial charge in [-0.05, 0) is 6.92 Å². The maximum atomic E-state index is 11.4. The highest BCUT2D eigenvalue weighted by Crippen LogP contribution is 2.19. The van der Waals surface area contributed by atoms with E-state index in [0.717, 1.165) is 4.90 Å². The summed E-state index contributed by atoms with van der Waals surface area (Å²) < 4.78 is 4.72. The number of aryl methyl sites for hydroxylation is 1. The van der Waals surface area contributed by atoms with E-state index < -0.39 is 12.0 Å². The minimum atomic E-state index is -1.03. The van der Waals surface area contributed by atoms with Gasteiger partial charge in [0, 0.05) is 39.8 Å². The molecule has 2 amide bonds. The van der Waals surface area contributed by atoms with Crippen molar-refractivity contribution in [2.45, 2.75) is 38.6 Å². The first-order chi connectivity index (χ1) is 12.8. The number of hydrogen-bond acceptors (Lipinski definition) is 7. The largest absolute Gasteiger partial charge is 0.464 e. The van der Waals surface area contributed by atoms with E-state index in [4.69, 9.17) is 4.74 Å². The minimum Gasteiger partial charge on any atom is -0.464 e. The molecule has 1 saturated heterocycles. The Balaban J connectivity index is 0.000000194. The third-order valence-corrected chi connectivity index (χ3v) is 4.37. The van der Waals surface area contributed by atoms with Crippen LogP contribution in [0.2, 0.25) is 0 Å². The number of nitrogens with zero attached hydrogens (tertiary/aromatic N) is 3. The van der Waals surface area contributed by atoms with E-state index in [0.29, 0.717) is 24.2 Å². The summed E-state index contributed by atoms with van der Waals surface area (Å²) in [5.74, 6) is -1.10. The van der Waals surface area contributed by atoms with Crippen LogP contribution in [0.5, 0.6) is 0 Å². The smallest absolute Gasteiger partial charge is 0.336 e. The fraction of sp³-hybridized carbons (Fsp3) is 0.529. The molecule has 0 aliphatic carbocycles. The first kappa shape index (κ1) is 20.3. The first-order valence-corrected chi connectivity index (χ1v) is 8.56. The molecular formula is C17H22N4O6. The highest BCUT2D eigenvalue weighted by atomic mass is 16.5. The number of anilines is 1. The Kier molecular flexibility index (Phi) is 6.43. The van der Waals surface area contributed by atoms with E-state index in [2.05, 4.69) is 9.97 Å². The van der Waals surface area contributed by atoms with Crippen molar-refractivity contribution >= 4 is 29.3 Å². The van der Waals surface area contributed by atoms with Crippen molar-refractivity contribution in [2.75, 3.05) is 25.6 Å². The normalized spacial score (nSPS) is 19.2. The summed E-state index contributed by atoms with van der Waals surface area (Å²) in [6, 6.07) is -1.03. The van der Waals surface area contributed by atoms with Crippen LogP contribution in [-0.2, 0) is 30.3 Å². The van der Waals surface area contributed by atoms with Crippen LogP contribution in [0.25, 0.3) is 0 Å². The van der Waals surface area contributed by atoms with E-state index in [9.17, 15) is 24.0 Å². The highest BCUT2D eigenvalue weighted by Gasteiger charge is 2.38. The Hall–Kier alpha value is -3.04. The summed E-state index contributed by atoms with van der Waals surface area (Å²) in [5, 5.41) is 0. The lowest BCUT2D eigenvalue weighted by Crippen LogP contribution is -2.51. The molecular weight excluding hydrogens is 356 g/mol. The molecule has 3 heterocycles. The number of fused-ring (bicyclic) bond motifs is 1. The van der Waals surface area contributed by atoms with Gasteiger partial charge in [0.2, 0.25) is 11.8 Å². The molecule has 0 radical (unpaired) electrons. The number of ketones is 1. The zero-order chi connectivity index (χ0) is 20.1. The number of amides is 2. The summed E-state index contributed by atoms with van der Waals surface area (Å²) in [6.45, 7) is 1.87. The number of piperidine rings is 1. The number of likely N-dealkylation sites (N-methyl/N-ethyl adjacent to an activating group) is 1. The Morgan fingerprint density at radius 2 is 1.81 bits per heavy atom. The summed E-state index contributed by atoms with van der Waals surface area (Å²) in [6.07, 6.45) is 2.67. The minimum absolute atomic E-state index is 0.0361. The van der Waals surface area contributed by atoms with Crippen molar-refractivity contribution in [3.8, 4) is 0 Å². The SMILES string of the molecule is CCOC(=O)C1C(=O)CCC(=O)N1C.CN1C(=O)CCc2nc[nH]c(=O)c21. The van der Waals surface area contributed by atoms with Gasteiger partial charge in [0.05, 0.1) is 18.6 Å². The molecule has 1 aromatic rings. The van der Waals surface area contributed by atoms with Crippen molar-refractivity contribution in [1.82, 2.24) is 14.9 Å². The van der Waals surface area contributed by atoms with E-state index in [1.54, 1.807) is 14.0 Å². The molecule has 146 valence electrons. The average molecular weight is 378 g/mol. The summed E-state index contributed by atoms with van der Waals surface area (Å²) >= 11 is 0. The molecule has 10 nitrogen and oxygen atoms in total. The fourth-order valence-corrected chi connectivity index (χ4v) is 2.89. The predicted octanol–water partition coefficient (Wildman–Crippen LogP) is -0.582. The molecule has 2 aliphatic rings. The van der Waals surface area contributed by atoms with Crippen molar-refractivity contribution in [1.29, 1.82) is 0 Å². The van der Waals surface area contributed by atoms with Gasteiger partial charge in [0.15, 0.2) is 11.8 Å². The number of carbonyl (C=O) groups is 4. The summed E-state index contributed by atoms with van der Waals surface area (Å²) in [5.41, 5.74) is 0.838. The van der Waals surface area contributed by atoms with Gasteiger partial charge < -0.3 is 19.5 Å². The van der Waals surface area contributed by atoms with Crippen molar-refractivity contribution in [3.63, 3.8) is 0 Å². The number of carbonyl (C=O) groups excluding carboxylic acids is 4. The Labute approximate surface area is 155 Å². The van der Waals surface area contributed by atoms with Crippen LogP contribution in [0, 0.1) is 0 Å². The number of hydrogen-bond donors (Lipinski definition) is 1. The van der Waals surface area contributed by atoms with Crippen molar-refractivity contribution in [3.05, 3.63) is 22.4 Å². The van der Waals surface area contributed by atoms with Crippen LogP contribution in [0.3, 0.4) is 0 Å². The molecule has 1 atom stereocenters. The van der Waals surface area contributed by atoms with Gasteiger partial charge in [0.25, 0.3) is 5.56 Å². The van der Waals surface area contributed by atoms with Gasteiger partial charge in [-0.25, -0.2) is 9.78 Å². The molecule has 0 spiro atoms. The number of ether oxygens (including phenoxy) is 1. The van der Waals surface area contributed by atoms with Crippen LogP contribution >= 0.6 is 0 Å². The Morgan fingerprint density at radius 1 is 1.15 bits per heavy atom. The van der Waals surface area contributed by atoms with Crippen LogP contribution in [-0.4, -0.2) is 65.2 Å². The quantitative estimate of drug-likeness (QED) is 0.538. The second-order valence-electron chi connectivity index (χ2n) is 6.11. The molecule has 0 aromatic carbocycles. The second-order valence-corrected chi connectivity index (χ2v) is 6.11. The lowest BCUT2D eigenvalue weighted by Gasteiger charge is -2.29. The molecule has 27 heavy (non-hydrogen) atoms. The van der Waals surface area contributed by atoms with Gasteiger partial charge in [-0.15, -0.1) is 0 Å².